The van der Waals surface area contributed by atoms with Crippen LogP contribution in [0.15, 0.2) is 18.2 Å². The molecule has 7 heteroatoms. The fourth-order valence-electron chi connectivity index (χ4n) is 1.22. The third kappa shape index (κ3) is 2.56. The molecular formula is C10H9FN4OS. The summed E-state index contributed by atoms with van der Waals surface area (Å²) in [5, 5.41) is 11.2. The second-order valence-electron chi connectivity index (χ2n) is 3.33. The van der Waals surface area contributed by atoms with Crippen LogP contribution in [0.25, 0.3) is 10.6 Å². The van der Waals surface area contributed by atoms with Gasteiger partial charge < -0.3 is 11.1 Å². The summed E-state index contributed by atoms with van der Waals surface area (Å²) < 4.78 is 13.0. The molecule has 0 saturated heterocycles. The Labute approximate surface area is 100 Å². The number of hydrogen-bond donors (Lipinski definition) is 2. The van der Waals surface area contributed by atoms with E-state index in [4.69, 9.17) is 5.73 Å². The first kappa shape index (κ1) is 11.5. The molecule has 0 spiro atoms. The van der Waals surface area contributed by atoms with Gasteiger partial charge in [0, 0.05) is 12.5 Å². The second-order valence-corrected chi connectivity index (χ2v) is 4.31. The standard InChI is InChI=1S/C10H9FN4OS/c1-5(16)13-10-15-14-9(17-10)6-2-3-7(11)8(12)4-6/h2-4H,12H2,1H3,(H,13,15,16). The zero-order valence-electron chi connectivity index (χ0n) is 8.90. The van der Waals surface area contributed by atoms with Crippen LogP contribution >= 0.6 is 11.3 Å². The maximum Gasteiger partial charge on any atom is 0.223 e. The lowest BCUT2D eigenvalue weighted by atomic mass is 10.2. The Morgan fingerprint density at radius 1 is 1.47 bits per heavy atom. The highest BCUT2D eigenvalue weighted by Crippen LogP contribution is 2.28. The van der Waals surface area contributed by atoms with Gasteiger partial charge in [-0.3, -0.25) is 4.79 Å². The van der Waals surface area contributed by atoms with Crippen molar-refractivity contribution >= 4 is 28.1 Å². The van der Waals surface area contributed by atoms with Crippen molar-refractivity contribution in [3.63, 3.8) is 0 Å². The third-order valence-corrected chi connectivity index (χ3v) is 2.84. The molecule has 88 valence electrons. The van der Waals surface area contributed by atoms with Crippen LogP contribution in [0.1, 0.15) is 6.92 Å². The first-order valence-electron chi connectivity index (χ1n) is 4.73. The Hall–Kier alpha value is -2.02. The molecule has 0 saturated carbocycles. The molecule has 1 aromatic heterocycles. The van der Waals surface area contributed by atoms with Crippen LogP contribution < -0.4 is 11.1 Å². The van der Waals surface area contributed by atoms with Gasteiger partial charge in [-0.05, 0) is 18.2 Å². The van der Waals surface area contributed by atoms with Gasteiger partial charge in [-0.15, -0.1) is 10.2 Å². The summed E-state index contributed by atoms with van der Waals surface area (Å²) in [5.41, 5.74) is 6.18. The molecule has 2 aromatic rings. The van der Waals surface area contributed by atoms with Gasteiger partial charge in [0.2, 0.25) is 11.0 Å². The number of rotatable bonds is 2. The minimum atomic E-state index is -0.472. The Morgan fingerprint density at radius 2 is 2.24 bits per heavy atom. The van der Waals surface area contributed by atoms with E-state index in [1.54, 1.807) is 6.07 Å². The van der Waals surface area contributed by atoms with Crippen molar-refractivity contribution in [1.29, 1.82) is 0 Å². The van der Waals surface area contributed by atoms with Crippen molar-refractivity contribution in [3.8, 4) is 10.6 Å². The maximum absolute atomic E-state index is 13.0. The molecule has 17 heavy (non-hydrogen) atoms. The van der Waals surface area contributed by atoms with Crippen LogP contribution in [-0.4, -0.2) is 16.1 Å². The number of hydrogen-bond acceptors (Lipinski definition) is 5. The molecule has 1 heterocycles. The molecule has 0 aliphatic carbocycles. The lowest BCUT2D eigenvalue weighted by molar-refractivity contribution is -0.114. The number of carbonyl (C=O) groups excluding carboxylic acids is 1. The lowest BCUT2D eigenvalue weighted by Gasteiger charge is -1.98. The summed E-state index contributed by atoms with van der Waals surface area (Å²) >= 11 is 1.20. The summed E-state index contributed by atoms with van der Waals surface area (Å²) in [7, 11) is 0. The summed E-state index contributed by atoms with van der Waals surface area (Å²) in [4.78, 5) is 10.8. The lowest BCUT2D eigenvalue weighted by Crippen LogP contribution is -2.04. The number of nitrogens with one attached hydrogen (secondary N) is 1. The van der Waals surface area contributed by atoms with Gasteiger partial charge in [0.1, 0.15) is 10.8 Å². The fraction of sp³-hybridized carbons (Fsp3) is 0.100. The van der Waals surface area contributed by atoms with E-state index in [0.717, 1.165) is 0 Å². The van der Waals surface area contributed by atoms with Crippen molar-refractivity contribution in [2.24, 2.45) is 0 Å². The molecule has 0 aliphatic rings. The van der Waals surface area contributed by atoms with Gasteiger partial charge in [-0.1, -0.05) is 11.3 Å². The van der Waals surface area contributed by atoms with Crippen molar-refractivity contribution in [2.75, 3.05) is 11.1 Å². The highest BCUT2D eigenvalue weighted by molar-refractivity contribution is 7.18. The summed E-state index contributed by atoms with van der Waals surface area (Å²) in [6.45, 7) is 1.39. The quantitative estimate of drug-likeness (QED) is 0.800. The third-order valence-electron chi connectivity index (χ3n) is 1.95. The zero-order chi connectivity index (χ0) is 12.4. The molecule has 2 rings (SSSR count). The topological polar surface area (TPSA) is 80.9 Å². The Balaban J connectivity index is 2.30. The molecule has 0 radical (unpaired) electrons. The molecular weight excluding hydrogens is 243 g/mol. The molecule has 1 amide bonds. The van der Waals surface area contributed by atoms with Crippen LogP contribution in [0.2, 0.25) is 0 Å². The van der Waals surface area contributed by atoms with Crippen molar-refractivity contribution in [1.82, 2.24) is 10.2 Å². The van der Waals surface area contributed by atoms with Crippen molar-refractivity contribution in [2.45, 2.75) is 6.92 Å². The van der Waals surface area contributed by atoms with Crippen LogP contribution in [0, 0.1) is 5.82 Å². The maximum atomic E-state index is 13.0. The van der Waals surface area contributed by atoms with E-state index in [1.807, 2.05) is 0 Å². The number of anilines is 2. The highest BCUT2D eigenvalue weighted by Gasteiger charge is 2.09. The van der Waals surface area contributed by atoms with E-state index in [1.165, 1.54) is 30.4 Å². The van der Waals surface area contributed by atoms with Crippen molar-refractivity contribution in [3.05, 3.63) is 24.0 Å². The van der Waals surface area contributed by atoms with Gasteiger partial charge in [0.15, 0.2) is 0 Å². The monoisotopic (exact) mass is 252 g/mol. The Morgan fingerprint density at radius 3 is 2.88 bits per heavy atom. The number of halogens is 1. The predicted molar refractivity (Wildman–Crippen MR) is 64.0 cm³/mol. The molecule has 0 aliphatic heterocycles. The van der Waals surface area contributed by atoms with E-state index in [2.05, 4.69) is 15.5 Å². The van der Waals surface area contributed by atoms with Crippen LogP contribution in [0.5, 0.6) is 0 Å². The first-order valence-corrected chi connectivity index (χ1v) is 5.54. The normalized spacial score (nSPS) is 10.2. The summed E-state index contributed by atoms with van der Waals surface area (Å²) in [6.07, 6.45) is 0. The molecule has 0 atom stereocenters. The number of nitrogen functional groups attached to an aromatic ring is 1. The number of carbonyl (C=O) groups is 1. The minimum absolute atomic E-state index is 0.0544. The summed E-state index contributed by atoms with van der Waals surface area (Å²) in [6, 6.07) is 4.31. The number of amides is 1. The Bertz CT molecular complexity index is 569. The van der Waals surface area contributed by atoms with E-state index < -0.39 is 5.82 Å². The zero-order valence-corrected chi connectivity index (χ0v) is 9.71. The van der Waals surface area contributed by atoms with Crippen LogP contribution in [-0.2, 0) is 4.79 Å². The number of benzene rings is 1. The predicted octanol–water partition coefficient (Wildman–Crippen LogP) is 1.88. The van der Waals surface area contributed by atoms with Gasteiger partial charge >= 0.3 is 0 Å². The van der Waals surface area contributed by atoms with E-state index in [0.29, 0.717) is 15.7 Å². The molecule has 0 unspecified atom stereocenters. The molecule has 0 bridgehead atoms. The molecule has 3 N–H and O–H groups in total. The van der Waals surface area contributed by atoms with Gasteiger partial charge in [-0.25, -0.2) is 4.39 Å². The van der Waals surface area contributed by atoms with Gasteiger partial charge in [-0.2, -0.15) is 0 Å². The van der Waals surface area contributed by atoms with Crippen LogP contribution in [0.4, 0.5) is 15.2 Å². The minimum Gasteiger partial charge on any atom is -0.396 e. The molecule has 1 aromatic carbocycles. The fourth-order valence-corrected chi connectivity index (χ4v) is 2.00. The number of nitrogens with zero attached hydrogens (tertiary/aromatic N) is 2. The Kier molecular flexibility index (Phi) is 3.01. The molecule has 0 fully saturated rings. The average molecular weight is 252 g/mol. The van der Waals surface area contributed by atoms with E-state index >= 15 is 0 Å². The number of nitrogens with two attached hydrogens (primary N) is 1. The van der Waals surface area contributed by atoms with E-state index in [-0.39, 0.29) is 11.6 Å². The highest BCUT2D eigenvalue weighted by atomic mass is 32.1. The van der Waals surface area contributed by atoms with Crippen LogP contribution in [0.3, 0.4) is 0 Å². The largest absolute Gasteiger partial charge is 0.396 e. The van der Waals surface area contributed by atoms with Gasteiger partial charge in [0.25, 0.3) is 0 Å². The second kappa shape index (κ2) is 4.46. The van der Waals surface area contributed by atoms with E-state index in [9.17, 15) is 9.18 Å². The molecule has 5 nitrogen and oxygen atoms in total. The number of aromatic nitrogens is 2. The first-order chi connectivity index (χ1) is 8.06. The summed E-state index contributed by atoms with van der Waals surface area (Å²) in [5.74, 6) is -0.688. The SMILES string of the molecule is CC(=O)Nc1nnc(-c2ccc(F)c(N)c2)s1. The smallest absolute Gasteiger partial charge is 0.223 e. The van der Waals surface area contributed by atoms with Gasteiger partial charge in [0.05, 0.1) is 5.69 Å². The van der Waals surface area contributed by atoms with Crippen molar-refractivity contribution < 1.29 is 9.18 Å². The average Bonchev–Trinajstić information content (AvgIpc) is 2.69.